The second-order valence-electron chi connectivity index (χ2n) is 17.7. The topological polar surface area (TPSA) is 95.9 Å². The first-order valence-corrected chi connectivity index (χ1v) is 26.7. The van der Waals surface area contributed by atoms with Gasteiger partial charge in [-0.05, 0) is 64.2 Å². The summed E-state index contributed by atoms with van der Waals surface area (Å²) < 4.78 is 5.87. The molecule has 0 saturated heterocycles. The Bertz CT molecular complexity index is 1330. The smallest absolute Gasteiger partial charge is 0.306 e. The summed E-state index contributed by atoms with van der Waals surface area (Å²) in [4.78, 5) is 26.2. The zero-order valence-corrected chi connectivity index (χ0v) is 42.1. The van der Waals surface area contributed by atoms with Crippen molar-refractivity contribution in [3.63, 3.8) is 0 Å². The molecule has 0 aliphatic rings. The van der Waals surface area contributed by atoms with Gasteiger partial charge in [-0.1, -0.05) is 252 Å². The van der Waals surface area contributed by atoms with E-state index in [9.17, 15) is 19.8 Å². The fraction of sp³-hybridized carbons (Fsp3) is 0.661. The Balaban J connectivity index is 4.78. The van der Waals surface area contributed by atoms with Gasteiger partial charge in [0.05, 0.1) is 25.2 Å². The maximum Gasteiger partial charge on any atom is 0.306 e. The van der Waals surface area contributed by atoms with Crippen molar-refractivity contribution in [2.75, 3.05) is 6.61 Å². The number of ether oxygens (including phenoxy) is 1. The lowest BCUT2D eigenvalue weighted by atomic mass is 10.0. The average molecular weight is 902 g/mol. The molecule has 370 valence electrons. The number of aliphatic hydroxyl groups excluding tert-OH is 2. The summed E-state index contributed by atoms with van der Waals surface area (Å²) in [6.07, 6.45) is 70.1. The standard InChI is InChI=1S/C59H99NO5/c1-4-7-10-13-16-19-22-25-27-28-29-31-34-37-40-43-46-49-52-59(64)65-55(50-47-44-41-38-35-33-30-26-23-20-17-14-11-8-5-2)53-58(63)60-56(54-61)57(62)51-48-45-42-39-36-32-24-21-18-15-12-9-6-3/h10,13,16-17,19-20,22,25-31,35,38,44,47,55-57,61-62H,4-9,11-12,14-15,18,21,23-24,32-34,36-37,39-43,45-46,48-54H2,1-3H3,(H,60,63)/b13-10+,19-16+,20-17-,25-22+,28-27+,30-26-,31-29+,38-35-,47-44-. The fourth-order valence-corrected chi connectivity index (χ4v) is 7.38. The van der Waals surface area contributed by atoms with Crippen LogP contribution in [0.5, 0.6) is 0 Å². The number of unbranched alkanes of at least 4 members (excludes halogenated alkanes) is 21. The van der Waals surface area contributed by atoms with E-state index >= 15 is 0 Å². The van der Waals surface area contributed by atoms with Crippen LogP contribution in [0.15, 0.2) is 109 Å². The molecule has 0 spiro atoms. The summed E-state index contributed by atoms with van der Waals surface area (Å²) in [5.74, 6) is -0.613. The van der Waals surface area contributed by atoms with Crippen LogP contribution in [0, 0.1) is 0 Å². The molecular weight excluding hydrogens is 803 g/mol. The van der Waals surface area contributed by atoms with E-state index in [0.717, 1.165) is 89.9 Å². The predicted molar refractivity (Wildman–Crippen MR) is 282 cm³/mol. The lowest BCUT2D eigenvalue weighted by molar-refractivity contribution is -0.150. The molecule has 6 nitrogen and oxygen atoms in total. The van der Waals surface area contributed by atoms with Crippen molar-refractivity contribution in [1.82, 2.24) is 5.32 Å². The van der Waals surface area contributed by atoms with Crippen LogP contribution < -0.4 is 5.32 Å². The molecule has 0 heterocycles. The molecule has 65 heavy (non-hydrogen) atoms. The van der Waals surface area contributed by atoms with Crippen LogP contribution in [0.2, 0.25) is 0 Å². The number of hydrogen-bond acceptors (Lipinski definition) is 5. The first-order chi connectivity index (χ1) is 32.0. The van der Waals surface area contributed by atoms with Gasteiger partial charge in [0.1, 0.15) is 6.10 Å². The Hall–Kier alpha value is -3.48. The van der Waals surface area contributed by atoms with E-state index in [-0.39, 0.29) is 24.9 Å². The van der Waals surface area contributed by atoms with E-state index in [1.54, 1.807) is 0 Å². The van der Waals surface area contributed by atoms with Gasteiger partial charge in [-0.15, -0.1) is 0 Å². The molecule has 0 aromatic carbocycles. The zero-order chi connectivity index (χ0) is 47.4. The Morgan fingerprint density at radius 1 is 0.477 bits per heavy atom. The second kappa shape index (κ2) is 51.5. The van der Waals surface area contributed by atoms with Gasteiger partial charge in [0.15, 0.2) is 0 Å². The molecule has 0 fully saturated rings. The molecule has 0 rings (SSSR count). The third-order valence-electron chi connectivity index (χ3n) is 11.4. The summed E-state index contributed by atoms with van der Waals surface area (Å²) in [7, 11) is 0. The van der Waals surface area contributed by atoms with E-state index in [1.165, 1.54) is 89.9 Å². The van der Waals surface area contributed by atoms with Crippen LogP contribution in [-0.2, 0) is 14.3 Å². The number of allylic oxidation sites excluding steroid dienone is 17. The van der Waals surface area contributed by atoms with Crippen molar-refractivity contribution in [1.29, 1.82) is 0 Å². The molecule has 3 N–H and O–H groups in total. The summed E-state index contributed by atoms with van der Waals surface area (Å²) in [5, 5.41) is 23.7. The van der Waals surface area contributed by atoms with E-state index in [4.69, 9.17) is 4.74 Å². The van der Waals surface area contributed by atoms with Crippen LogP contribution in [0.25, 0.3) is 0 Å². The number of esters is 1. The first-order valence-electron chi connectivity index (χ1n) is 26.7. The van der Waals surface area contributed by atoms with Crippen molar-refractivity contribution in [2.24, 2.45) is 0 Å². The fourth-order valence-electron chi connectivity index (χ4n) is 7.38. The number of carbonyl (C=O) groups is 2. The van der Waals surface area contributed by atoms with Crippen molar-refractivity contribution in [3.8, 4) is 0 Å². The summed E-state index contributed by atoms with van der Waals surface area (Å²) >= 11 is 0. The number of nitrogens with one attached hydrogen (secondary N) is 1. The van der Waals surface area contributed by atoms with E-state index in [0.29, 0.717) is 19.3 Å². The average Bonchev–Trinajstić information content (AvgIpc) is 3.30. The molecule has 0 aromatic heterocycles. The highest BCUT2D eigenvalue weighted by atomic mass is 16.5. The van der Waals surface area contributed by atoms with E-state index in [1.807, 2.05) is 36.5 Å². The maximum atomic E-state index is 13.2. The molecule has 3 atom stereocenters. The number of amides is 1. The molecule has 0 radical (unpaired) electrons. The summed E-state index contributed by atoms with van der Waals surface area (Å²) in [6, 6.07) is -0.743. The van der Waals surface area contributed by atoms with Crippen molar-refractivity contribution in [2.45, 2.75) is 244 Å². The summed E-state index contributed by atoms with van der Waals surface area (Å²) in [5.41, 5.74) is 0. The molecule has 3 unspecified atom stereocenters. The highest BCUT2D eigenvalue weighted by Crippen LogP contribution is 2.16. The molecular formula is C59H99NO5. The van der Waals surface area contributed by atoms with Gasteiger partial charge in [0, 0.05) is 12.8 Å². The highest BCUT2D eigenvalue weighted by molar-refractivity contribution is 5.77. The molecule has 0 aliphatic heterocycles. The van der Waals surface area contributed by atoms with Gasteiger partial charge in [0.2, 0.25) is 5.91 Å². The summed E-state index contributed by atoms with van der Waals surface area (Å²) in [6.45, 7) is 6.33. The van der Waals surface area contributed by atoms with Gasteiger partial charge in [-0.3, -0.25) is 9.59 Å². The molecule has 0 aromatic rings. The second-order valence-corrected chi connectivity index (χ2v) is 17.7. The van der Waals surface area contributed by atoms with Gasteiger partial charge in [0.25, 0.3) is 0 Å². The van der Waals surface area contributed by atoms with E-state index in [2.05, 4.69) is 99.0 Å². The SMILES string of the molecule is CCC/C=C/C=C/C=C/C=C/C=C/CCCCCCCC(=O)OC(C/C=C\C/C=C\C/C=C\C/C=C\CCCCC)CC(=O)NC(CO)C(O)CCCCCCCCCCCCCCC. The van der Waals surface area contributed by atoms with Gasteiger partial charge in [-0.2, -0.15) is 0 Å². The largest absolute Gasteiger partial charge is 0.461 e. The third kappa shape index (κ3) is 46.8. The molecule has 6 heteroatoms. The zero-order valence-electron chi connectivity index (χ0n) is 42.1. The third-order valence-corrected chi connectivity index (χ3v) is 11.4. The van der Waals surface area contributed by atoms with Crippen molar-refractivity contribution < 1.29 is 24.5 Å². The van der Waals surface area contributed by atoms with Crippen LogP contribution in [0.1, 0.15) is 226 Å². The predicted octanol–water partition coefficient (Wildman–Crippen LogP) is 16.3. The van der Waals surface area contributed by atoms with Gasteiger partial charge >= 0.3 is 5.97 Å². The number of aliphatic hydroxyl groups is 2. The molecule has 0 aliphatic carbocycles. The highest BCUT2D eigenvalue weighted by Gasteiger charge is 2.23. The number of hydrogen-bond donors (Lipinski definition) is 3. The van der Waals surface area contributed by atoms with Gasteiger partial charge in [-0.25, -0.2) is 0 Å². The Morgan fingerprint density at radius 3 is 1.46 bits per heavy atom. The minimum absolute atomic E-state index is 0.0154. The van der Waals surface area contributed by atoms with Crippen LogP contribution in [-0.4, -0.2) is 46.9 Å². The van der Waals surface area contributed by atoms with Crippen LogP contribution in [0.3, 0.4) is 0 Å². The lowest BCUT2D eigenvalue weighted by Crippen LogP contribution is -2.46. The minimum atomic E-state index is -0.822. The Kier molecular flexibility index (Phi) is 48.7. The number of carbonyl (C=O) groups excluding carboxylic acids is 2. The lowest BCUT2D eigenvalue weighted by Gasteiger charge is -2.24. The van der Waals surface area contributed by atoms with Crippen molar-refractivity contribution in [3.05, 3.63) is 109 Å². The molecule has 0 bridgehead atoms. The molecule has 0 saturated carbocycles. The van der Waals surface area contributed by atoms with E-state index < -0.39 is 18.2 Å². The normalized spacial score (nSPS) is 14.1. The first kappa shape index (κ1) is 61.5. The van der Waals surface area contributed by atoms with Crippen molar-refractivity contribution >= 4 is 11.9 Å². The van der Waals surface area contributed by atoms with Crippen LogP contribution >= 0.6 is 0 Å². The maximum absolute atomic E-state index is 13.2. The Morgan fingerprint density at radius 2 is 0.908 bits per heavy atom. The quantitative estimate of drug-likeness (QED) is 0.0245. The Labute approximate surface area is 400 Å². The minimum Gasteiger partial charge on any atom is -0.461 e. The number of rotatable bonds is 46. The monoisotopic (exact) mass is 902 g/mol. The molecule has 1 amide bonds. The van der Waals surface area contributed by atoms with Crippen LogP contribution in [0.4, 0.5) is 0 Å². The van der Waals surface area contributed by atoms with Gasteiger partial charge < -0.3 is 20.3 Å².